The van der Waals surface area contributed by atoms with Gasteiger partial charge in [-0.05, 0) is 32.1 Å². The van der Waals surface area contributed by atoms with Gasteiger partial charge in [0.15, 0.2) is 5.13 Å². The Morgan fingerprint density at radius 1 is 1.44 bits per heavy atom. The van der Waals surface area contributed by atoms with Gasteiger partial charge in [-0.15, -0.1) is 11.3 Å². The maximum Gasteiger partial charge on any atom is 0.185 e. The lowest BCUT2D eigenvalue weighted by atomic mass is 9.92. The minimum atomic E-state index is 0.746. The first-order valence-electron chi connectivity index (χ1n) is 6.23. The molecule has 0 radical (unpaired) electrons. The molecule has 1 aromatic heterocycles. The van der Waals surface area contributed by atoms with E-state index in [4.69, 9.17) is 4.98 Å². The third kappa shape index (κ3) is 2.23. The van der Waals surface area contributed by atoms with Crippen molar-refractivity contribution in [3.05, 3.63) is 11.1 Å². The van der Waals surface area contributed by atoms with Gasteiger partial charge in [0.1, 0.15) is 0 Å². The molecule has 4 heteroatoms. The quantitative estimate of drug-likeness (QED) is 0.852. The van der Waals surface area contributed by atoms with Crippen LogP contribution >= 0.6 is 11.3 Å². The number of hydrogen-bond acceptors (Lipinski definition) is 4. The Bertz CT molecular complexity index is 355. The van der Waals surface area contributed by atoms with Gasteiger partial charge in [-0.25, -0.2) is 4.98 Å². The van der Waals surface area contributed by atoms with Crippen molar-refractivity contribution in [1.29, 1.82) is 0 Å². The molecule has 0 saturated heterocycles. The molecule has 16 heavy (non-hydrogen) atoms. The van der Waals surface area contributed by atoms with E-state index >= 15 is 0 Å². The van der Waals surface area contributed by atoms with Gasteiger partial charge in [-0.1, -0.05) is 0 Å². The SMILES string of the molecule is CN(c1nc(CNC2CC2)cs1)C1CCC1. The highest BCUT2D eigenvalue weighted by Crippen LogP contribution is 2.30. The van der Waals surface area contributed by atoms with E-state index in [0.717, 1.165) is 18.6 Å². The van der Waals surface area contributed by atoms with E-state index in [9.17, 15) is 0 Å². The van der Waals surface area contributed by atoms with Crippen LogP contribution in [0, 0.1) is 0 Å². The van der Waals surface area contributed by atoms with Crippen LogP contribution in [-0.4, -0.2) is 24.1 Å². The smallest absolute Gasteiger partial charge is 0.185 e. The van der Waals surface area contributed by atoms with E-state index in [1.807, 2.05) is 0 Å². The summed E-state index contributed by atoms with van der Waals surface area (Å²) in [6, 6.07) is 1.52. The Morgan fingerprint density at radius 2 is 2.25 bits per heavy atom. The maximum absolute atomic E-state index is 4.69. The van der Waals surface area contributed by atoms with Crippen molar-refractivity contribution in [2.24, 2.45) is 0 Å². The molecule has 0 aromatic carbocycles. The number of aromatic nitrogens is 1. The van der Waals surface area contributed by atoms with Crippen LogP contribution in [0.2, 0.25) is 0 Å². The average Bonchev–Trinajstić information content (AvgIpc) is 2.90. The first-order valence-corrected chi connectivity index (χ1v) is 7.11. The third-order valence-electron chi connectivity index (χ3n) is 3.61. The van der Waals surface area contributed by atoms with Crippen LogP contribution in [-0.2, 0) is 6.54 Å². The molecular weight excluding hydrogens is 218 g/mol. The topological polar surface area (TPSA) is 28.2 Å². The van der Waals surface area contributed by atoms with Gasteiger partial charge in [-0.2, -0.15) is 0 Å². The van der Waals surface area contributed by atoms with Gasteiger partial charge >= 0.3 is 0 Å². The van der Waals surface area contributed by atoms with Crippen LogP contribution in [0.15, 0.2) is 5.38 Å². The molecule has 1 heterocycles. The van der Waals surface area contributed by atoms with E-state index in [2.05, 4.69) is 22.6 Å². The van der Waals surface area contributed by atoms with Gasteiger partial charge in [0.25, 0.3) is 0 Å². The number of rotatable bonds is 5. The van der Waals surface area contributed by atoms with Crippen molar-refractivity contribution >= 4 is 16.5 Å². The van der Waals surface area contributed by atoms with Crippen LogP contribution in [0.3, 0.4) is 0 Å². The van der Waals surface area contributed by atoms with Gasteiger partial charge in [0.05, 0.1) is 5.69 Å². The molecule has 2 aliphatic rings. The molecule has 0 amide bonds. The lowest BCUT2D eigenvalue weighted by Crippen LogP contribution is -2.37. The molecule has 1 N–H and O–H groups in total. The van der Waals surface area contributed by atoms with Crippen molar-refractivity contribution in [3.8, 4) is 0 Å². The van der Waals surface area contributed by atoms with Crippen molar-refractivity contribution in [1.82, 2.24) is 10.3 Å². The van der Waals surface area contributed by atoms with Crippen molar-refractivity contribution in [2.45, 2.75) is 50.7 Å². The number of hydrogen-bond donors (Lipinski definition) is 1. The fraction of sp³-hybridized carbons (Fsp3) is 0.750. The molecule has 88 valence electrons. The molecule has 2 fully saturated rings. The molecule has 0 unspecified atom stereocenters. The van der Waals surface area contributed by atoms with E-state index in [1.165, 1.54) is 42.9 Å². The normalized spacial score (nSPS) is 20.8. The van der Waals surface area contributed by atoms with Crippen molar-refractivity contribution < 1.29 is 0 Å². The number of thiazole rings is 1. The van der Waals surface area contributed by atoms with Gasteiger partial charge in [0, 0.05) is 31.1 Å². The molecule has 0 aliphatic heterocycles. The number of nitrogens with one attached hydrogen (secondary N) is 1. The summed E-state index contributed by atoms with van der Waals surface area (Å²) in [5, 5.41) is 6.89. The predicted octanol–water partition coefficient (Wildman–Crippen LogP) is 2.38. The summed E-state index contributed by atoms with van der Waals surface area (Å²) in [6.07, 6.45) is 6.76. The largest absolute Gasteiger partial charge is 0.348 e. The lowest BCUT2D eigenvalue weighted by Gasteiger charge is -2.34. The highest BCUT2D eigenvalue weighted by atomic mass is 32.1. The minimum Gasteiger partial charge on any atom is -0.348 e. The second-order valence-electron chi connectivity index (χ2n) is 4.97. The van der Waals surface area contributed by atoms with Crippen LogP contribution < -0.4 is 10.2 Å². The molecule has 0 atom stereocenters. The van der Waals surface area contributed by atoms with Crippen LogP contribution in [0.4, 0.5) is 5.13 Å². The summed E-state index contributed by atoms with van der Waals surface area (Å²) < 4.78 is 0. The van der Waals surface area contributed by atoms with Gasteiger partial charge < -0.3 is 10.2 Å². The Balaban J connectivity index is 1.57. The minimum absolute atomic E-state index is 0.746. The summed E-state index contributed by atoms with van der Waals surface area (Å²) in [7, 11) is 2.18. The molecular formula is C12H19N3S. The third-order valence-corrected chi connectivity index (χ3v) is 4.59. The molecule has 0 spiro atoms. The maximum atomic E-state index is 4.69. The summed E-state index contributed by atoms with van der Waals surface area (Å²) in [5.41, 5.74) is 1.21. The Labute approximate surface area is 101 Å². The predicted molar refractivity (Wildman–Crippen MR) is 68.0 cm³/mol. The zero-order valence-corrected chi connectivity index (χ0v) is 10.6. The highest BCUT2D eigenvalue weighted by Gasteiger charge is 2.24. The van der Waals surface area contributed by atoms with Crippen LogP contribution in [0.1, 0.15) is 37.8 Å². The zero-order chi connectivity index (χ0) is 11.0. The van der Waals surface area contributed by atoms with Crippen molar-refractivity contribution in [2.75, 3.05) is 11.9 Å². The zero-order valence-electron chi connectivity index (χ0n) is 9.78. The van der Waals surface area contributed by atoms with E-state index in [-0.39, 0.29) is 0 Å². The second kappa shape index (κ2) is 4.34. The Hall–Kier alpha value is -0.610. The van der Waals surface area contributed by atoms with E-state index < -0.39 is 0 Å². The average molecular weight is 237 g/mol. The van der Waals surface area contributed by atoms with E-state index in [1.54, 1.807) is 11.3 Å². The number of nitrogens with zero attached hydrogens (tertiary/aromatic N) is 2. The first kappa shape index (κ1) is 10.5. The summed E-state index contributed by atoms with van der Waals surface area (Å²) in [6.45, 7) is 0.944. The second-order valence-corrected chi connectivity index (χ2v) is 5.81. The summed E-state index contributed by atoms with van der Waals surface area (Å²) >= 11 is 1.78. The molecule has 1 aromatic rings. The molecule has 2 aliphatic carbocycles. The summed E-state index contributed by atoms with van der Waals surface area (Å²) in [5.74, 6) is 0. The number of anilines is 1. The van der Waals surface area contributed by atoms with Crippen LogP contribution in [0.5, 0.6) is 0 Å². The molecule has 0 bridgehead atoms. The Morgan fingerprint density at radius 3 is 2.88 bits per heavy atom. The highest BCUT2D eigenvalue weighted by molar-refractivity contribution is 7.13. The standard InChI is InChI=1S/C12H19N3S/c1-15(11-3-2-4-11)12-14-10(8-16-12)7-13-9-5-6-9/h8-9,11,13H,2-7H2,1H3. The summed E-state index contributed by atoms with van der Waals surface area (Å²) in [4.78, 5) is 7.05. The molecule has 3 nitrogen and oxygen atoms in total. The molecule has 2 saturated carbocycles. The van der Waals surface area contributed by atoms with Gasteiger partial charge in [-0.3, -0.25) is 0 Å². The van der Waals surface area contributed by atoms with Crippen molar-refractivity contribution in [3.63, 3.8) is 0 Å². The lowest BCUT2D eigenvalue weighted by molar-refractivity contribution is 0.400. The monoisotopic (exact) mass is 237 g/mol. The van der Waals surface area contributed by atoms with E-state index in [0.29, 0.717) is 0 Å². The van der Waals surface area contributed by atoms with Crippen LogP contribution in [0.25, 0.3) is 0 Å². The fourth-order valence-corrected chi connectivity index (χ4v) is 2.87. The fourth-order valence-electron chi connectivity index (χ4n) is 2.01. The van der Waals surface area contributed by atoms with Gasteiger partial charge in [0.2, 0.25) is 0 Å². The Kier molecular flexibility index (Phi) is 2.86. The molecule has 3 rings (SSSR count). The first-order chi connectivity index (χ1) is 7.83.